The number of amides is 1. The standard InChI is InChI=1S/C23H37FN4O/c1-5-23(3,6-2)17-7-9-18(10-8-17)27-13-15-28(16-14-27)20-12-11-19(22(29)25-4)26-21(20)24/h11-12,17-18H,5-10,13-16H2,1-4H3,(H,25,29). The van der Waals surface area contributed by atoms with Crippen molar-refractivity contribution < 1.29 is 9.18 Å². The molecule has 1 aliphatic carbocycles. The molecule has 1 N–H and O–H groups in total. The van der Waals surface area contributed by atoms with Gasteiger partial charge >= 0.3 is 0 Å². The van der Waals surface area contributed by atoms with Gasteiger partial charge < -0.3 is 10.2 Å². The third-order valence-corrected chi connectivity index (χ3v) is 7.76. The molecule has 29 heavy (non-hydrogen) atoms. The average molecular weight is 405 g/mol. The number of hydrogen-bond donors (Lipinski definition) is 1. The smallest absolute Gasteiger partial charge is 0.269 e. The summed E-state index contributed by atoms with van der Waals surface area (Å²) in [5, 5.41) is 2.48. The van der Waals surface area contributed by atoms with Crippen molar-refractivity contribution in [3.8, 4) is 0 Å². The van der Waals surface area contributed by atoms with Crippen LogP contribution in [0.15, 0.2) is 12.1 Å². The second kappa shape index (κ2) is 9.41. The lowest BCUT2D eigenvalue weighted by molar-refractivity contribution is 0.0699. The third kappa shape index (κ3) is 4.73. The number of hydrogen-bond acceptors (Lipinski definition) is 4. The molecule has 0 spiro atoms. The topological polar surface area (TPSA) is 48.5 Å². The van der Waals surface area contributed by atoms with Gasteiger partial charge in [0.25, 0.3) is 5.91 Å². The van der Waals surface area contributed by atoms with Crippen LogP contribution in [0.1, 0.15) is 69.8 Å². The van der Waals surface area contributed by atoms with Crippen molar-refractivity contribution >= 4 is 11.6 Å². The van der Waals surface area contributed by atoms with E-state index >= 15 is 0 Å². The van der Waals surface area contributed by atoms with E-state index in [1.807, 2.05) is 0 Å². The lowest BCUT2D eigenvalue weighted by Gasteiger charge is -2.46. The number of pyridine rings is 1. The molecule has 1 saturated heterocycles. The summed E-state index contributed by atoms with van der Waals surface area (Å²) in [6.07, 6.45) is 7.80. The summed E-state index contributed by atoms with van der Waals surface area (Å²) in [4.78, 5) is 20.1. The molecule has 0 radical (unpaired) electrons. The maximum Gasteiger partial charge on any atom is 0.269 e. The van der Waals surface area contributed by atoms with Gasteiger partial charge in [0.15, 0.2) is 0 Å². The number of aromatic nitrogens is 1. The minimum Gasteiger partial charge on any atom is -0.365 e. The number of carbonyl (C=O) groups is 1. The van der Waals surface area contributed by atoms with Gasteiger partial charge in [0.1, 0.15) is 5.69 Å². The van der Waals surface area contributed by atoms with E-state index in [1.54, 1.807) is 12.1 Å². The molecule has 2 aliphatic rings. The first-order valence-corrected chi connectivity index (χ1v) is 11.3. The Bertz CT molecular complexity index is 690. The van der Waals surface area contributed by atoms with E-state index < -0.39 is 5.95 Å². The van der Waals surface area contributed by atoms with Gasteiger partial charge in [-0.1, -0.05) is 33.6 Å². The maximum atomic E-state index is 14.5. The first kappa shape index (κ1) is 22.0. The number of nitrogens with zero attached hydrogens (tertiary/aromatic N) is 3. The molecule has 0 atom stereocenters. The van der Waals surface area contributed by atoms with Crippen molar-refractivity contribution in [2.24, 2.45) is 11.3 Å². The van der Waals surface area contributed by atoms with Gasteiger partial charge in [0, 0.05) is 39.3 Å². The number of piperazine rings is 1. The van der Waals surface area contributed by atoms with Gasteiger partial charge in [-0.3, -0.25) is 9.69 Å². The van der Waals surface area contributed by atoms with Gasteiger partial charge in [-0.15, -0.1) is 0 Å². The van der Waals surface area contributed by atoms with Crippen LogP contribution in [-0.4, -0.2) is 55.1 Å². The Kier molecular flexibility index (Phi) is 7.14. The molecule has 1 aromatic heterocycles. The lowest BCUT2D eigenvalue weighted by atomic mass is 9.66. The Morgan fingerprint density at radius 1 is 1.14 bits per heavy atom. The van der Waals surface area contributed by atoms with Crippen molar-refractivity contribution in [2.45, 2.75) is 65.3 Å². The van der Waals surface area contributed by atoms with Crippen LogP contribution < -0.4 is 10.2 Å². The Balaban J connectivity index is 1.53. The molecule has 0 aromatic carbocycles. The normalized spacial score (nSPS) is 23.8. The summed E-state index contributed by atoms with van der Waals surface area (Å²) in [6.45, 7) is 10.7. The van der Waals surface area contributed by atoms with Crippen molar-refractivity contribution in [3.05, 3.63) is 23.8 Å². The van der Waals surface area contributed by atoms with Crippen LogP contribution in [0.4, 0.5) is 10.1 Å². The molecule has 162 valence electrons. The highest BCUT2D eigenvalue weighted by Gasteiger charge is 2.36. The summed E-state index contributed by atoms with van der Waals surface area (Å²) in [5.41, 5.74) is 1.12. The van der Waals surface area contributed by atoms with Crippen LogP contribution in [0, 0.1) is 17.3 Å². The molecule has 5 nitrogen and oxygen atoms in total. The first-order valence-electron chi connectivity index (χ1n) is 11.3. The largest absolute Gasteiger partial charge is 0.365 e. The van der Waals surface area contributed by atoms with Gasteiger partial charge in [-0.05, 0) is 49.1 Å². The van der Waals surface area contributed by atoms with Gasteiger partial charge in [0.05, 0.1) is 5.69 Å². The number of nitrogens with one attached hydrogen (secondary N) is 1. The fourth-order valence-corrected chi connectivity index (χ4v) is 5.21. The van der Waals surface area contributed by atoms with Crippen LogP contribution in [0.2, 0.25) is 0 Å². The summed E-state index contributed by atoms with van der Waals surface area (Å²) in [6, 6.07) is 3.96. The Morgan fingerprint density at radius 3 is 2.28 bits per heavy atom. The highest BCUT2D eigenvalue weighted by Crippen LogP contribution is 2.44. The third-order valence-electron chi connectivity index (χ3n) is 7.76. The Labute approximate surface area is 175 Å². The van der Waals surface area contributed by atoms with E-state index in [9.17, 15) is 9.18 Å². The Morgan fingerprint density at radius 2 is 1.76 bits per heavy atom. The van der Waals surface area contributed by atoms with Gasteiger partial charge in [-0.25, -0.2) is 4.98 Å². The minimum absolute atomic E-state index is 0.121. The zero-order chi connectivity index (χ0) is 21.0. The average Bonchev–Trinajstić information content (AvgIpc) is 2.78. The second-order valence-corrected chi connectivity index (χ2v) is 8.98. The zero-order valence-electron chi connectivity index (χ0n) is 18.5. The molecule has 0 bridgehead atoms. The van der Waals surface area contributed by atoms with Crippen LogP contribution >= 0.6 is 0 Å². The van der Waals surface area contributed by atoms with Crippen molar-refractivity contribution in [1.82, 2.24) is 15.2 Å². The lowest BCUT2D eigenvalue weighted by Crippen LogP contribution is -2.51. The van der Waals surface area contributed by atoms with Gasteiger partial charge in [0.2, 0.25) is 5.95 Å². The fourth-order valence-electron chi connectivity index (χ4n) is 5.21. The van der Waals surface area contributed by atoms with E-state index in [4.69, 9.17) is 0 Å². The summed E-state index contributed by atoms with van der Waals surface area (Å²) < 4.78 is 14.5. The molecule has 1 aromatic rings. The molecule has 2 heterocycles. The van der Waals surface area contributed by atoms with Crippen LogP contribution in [0.25, 0.3) is 0 Å². The molecule has 6 heteroatoms. The highest BCUT2D eigenvalue weighted by atomic mass is 19.1. The highest BCUT2D eigenvalue weighted by molar-refractivity contribution is 5.92. The molecule has 0 unspecified atom stereocenters. The van der Waals surface area contributed by atoms with Crippen LogP contribution in [0.3, 0.4) is 0 Å². The first-order chi connectivity index (χ1) is 13.9. The van der Waals surface area contributed by atoms with Crippen LogP contribution in [0.5, 0.6) is 0 Å². The zero-order valence-corrected chi connectivity index (χ0v) is 18.5. The van der Waals surface area contributed by atoms with Crippen molar-refractivity contribution in [3.63, 3.8) is 0 Å². The SMILES string of the molecule is CCC(C)(CC)C1CCC(N2CCN(c3ccc(C(=O)NC)nc3F)CC2)CC1. The minimum atomic E-state index is -0.557. The summed E-state index contributed by atoms with van der Waals surface area (Å²) in [7, 11) is 1.52. The van der Waals surface area contributed by atoms with Gasteiger partial charge in [-0.2, -0.15) is 4.39 Å². The summed E-state index contributed by atoms with van der Waals surface area (Å²) >= 11 is 0. The number of halogens is 1. The van der Waals surface area contributed by atoms with E-state index in [0.717, 1.165) is 32.1 Å². The van der Waals surface area contributed by atoms with Crippen molar-refractivity contribution in [2.75, 3.05) is 38.1 Å². The Hall–Kier alpha value is -1.69. The van der Waals surface area contributed by atoms with E-state index in [0.29, 0.717) is 17.1 Å². The van der Waals surface area contributed by atoms with Crippen LogP contribution in [-0.2, 0) is 0 Å². The van der Waals surface area contributed by atoms with E-state index in [1.165, 1.54) is 45.6 Å². The molecule has 1 aliphatic heterocycles. The molecular weight excluding hydrogens is 367 g/mol. The molecule has 3 rings (SSSR count). The monoisotopic (exact) mass is 404 g/mol. The molecular formula is C23H37FN4O. The summed E-state index contributed by atoms with van der Waals surface area (Å²) in [5.74, 6) is -0.0642. The number of rotatable bonds is 6. The maximum absolute atomic E-state index is 14.5. The number of carbonyl (C=O) groups excluding carboxylic acids is 1. The quantitative estimate of drug-likeness (QED) is 0.726. The number of anilines is 1. The second-order valence-electron chi connectivity index (χ2n) is 8.98. The van der Waals surface area contributed by atoms with E-state index in [2.05, 4.69) is 40.9 Å². The molecule has 1 amide bonds. The molecule has 1 saturated carbocycles. The fraction of sp³-hybridized carbons (Fsp3) is 0.739. The molecule has 2 fully saturated rings. The van der Waals surface area contributed by atoms with Crippen molar-refractivity contribution in [1.29, 1.82) is 0 Å². The van der Waals surface area contributed by atoms with E-state index in [-0.39, 0.29) is 11.6 Å². The predicted molar refractivity (Wildman–Crippen MR) is 116 cm³/mol. The predicted octanol–water partition coefficient (Wildman–Crippen LogP) is 4.09.